The van der Waals surface area contributed by atoms with Gasteiger partial charge in [-0.25, -0.2) is 14.4 Å². The SMILES string of the molecule is COCCOc1cc2c(-c3ccsc3)nc(Cl)nc2cc1F. The van der Waals surface area contributed by atoms with E-state index in [1.807, 2.05) is 16.8 Å². The number of rotatable bonds is 5. The number of thiophene rings is 1. The van der Waals surface area contributed by atoms with E-state index < -0.39 is 5.82 Å². The molecule has 0 aliphatic carbocycles. The van der Waals surface area contributed by atoms with Gasteiger partial charge in [-0.2, -0.15) is 11.3 Å². The average Bonchev–Trinajstić information content (AvgIpc) is 3.01. The predicted molar refractivity (Wildman–Crippen MR) is 85.2 cm³/mol. The zero-order chi connectivity index (χ0) is 15.5. The fourth-order valence-corrected chi connectivity index (χ4v) is 2.88. The van der Waals surface area contributed by atoms with Gasteiger partial charge in [0, 0.05) is 29.5 Å². The van der Waals surface area contributed by atoms with Gasteiger partial charge in [-0.05, 0) is 29.1 Å². The largest absolute Gasteiger partial charge is 0.488 e. The predicted octanol–water partition coefficient (Wildman–Crippen LogP) is 4.18. The maximum Gasteiger partial charge on any atom is 0.223 e. The Morgan fingerprint density at radius 2 is 2.14 bits per heavy atom. The van der Waals surface area contributed by atoms with E-state index in [0.29, 0.717) is 23.2 Å². The molecule has 4 nitrogen and oxygen atoms in total. The maximum atomic E-state index is 14.1. The monoisotopic (exact) mass is 338 g/mol. The van der Waals surface area contributed by atoms with Gasteiger partial charge in [0.2, 0.25) is 5.28 Å². The van der Waals surface area contributed by atoms with Crippen LogP contribution in [0.3, 0.4) is 0 Å². The Morgan fingerprint density at radius 1 is 1.27 bits per heavy atom. The van der Waals surface area contributed by atoms with Gasteiger partial charge in [0.05, 0.1) is 17.8 Å². The second kappa shape index (κ2) is 6.56. The molecule has 1 aromatic carbocycles. The van der Waals surface area contributed by atoms with Crippen LogP contribution in [0.15, 0.2) is 29.0 Å². The number of benzene rings is 1. The first-order valence-corrected chi connectivity index (χ1v) is 7.82. The molecule has 0 spiro atoms. The standard InChI is InChI=1S/C15H12ClFN2O2S/c1-20-3-4-21-13-6-10-12(7-11(13)17)18-15(16)19-14(10)9-2-5-22-8-9/h2,5-8H,3-4H2,1H3. The van der Waals surface area contributed by atoms with Gasteiger partial charge in [0.25, 0.3) is 0 Å². The van der Waals surface area contributed by atoms with Gasteiger partial charge in [-0.3, -0.25) is 0 Å². The van der Waals surface area contributed by atoms with E-state index in [9.17, 15) is 4.39 Å². The first-order chi connectivity index (χ1) is 10.7. The van der Waals surface area contributed by atoms with Crippen molar-refractivity contribution in [3.8, 4) is 17.0 Å². The van der Waals surface area contributed by atoms with Crippen LogP contribution in [0.2, 0.25) is 5.28 Å². The topological polar surface area (TPSA) is 44.2 Å². The van der Waals surface area contributed by atoms with Crippen LogP contribution in [0.25, 0.3) is 22.2 Å². The summed E-state index contributed by atoms with van der Waals surface area (Å²) >= 11 is 7.49. The molecule has 2 heterocycles. The second-order valence-corrected chi connectivity index (χ2v) is 5.61. The van der Waals surface area contributed by atoms with Gasteiger partial charge in [0.1, 0.15) is 6.61 Å². The lowest BCUT2D eigenvalue weighted by Gasteiger charge is -2.10. The molecule has 0 fully saturated rings. The van der Waals surface area contributed by atoms with Crippen LogP contribution >= 0.6 is 22.9 Å². The Labute approximate surface area is 135 Å². The highest BCUT2D eigenvalue weighted by Crippen LogP contribution is 2.32. The summed E-state index contributed by atoms with van der Waals surface area (Å²) in [5.74, 6) is -0.346. The van der Waals surface area contributed by atoms with E-state index in [1.54, 1.807) is 24.5 Å². The summed E-state index contributed by atoms with van der Waals surface area (Å²) < 4.78 is 24.4. The van der Waals surface area contributed by atoms with E-state index in [4.69, 9.17) is 21.1 Å². The summed E-state index contributed by atoms with van der Waals surface area (Å²) in [4.78, 5) is 8.35. The van der Waals surface area contributed by atoms with Gasteiger partial charge < -0.3 is 9.47 Å². The molecule has 0 atom stereocenters. The summed E-state index contributed by atoms with van der Waals surface area (Å²) in [6, 6.07) is 4.84. The Hall–Kier alpha value is -1.76. The van der Waals surface area contributed by atoms with E-state index in [1.165, 1.54) is 6.07 Å². The number of nitrogens with zero attached hydrogens (tertiary/aromatic N) is 2. The summed E-state index contributed by atoms with van der Waals surface area (Å²) in [5, 5.41) is 4.67. The Balaban J connectivity index is 2.12. The minimum absolute atomic E-state index is 0.0844. The Kier molecular flexibility index (Phi) is 4.52. The lowest BCUT2D eigenvalue weighted by molar-refractivity contribution is 0.144. The average molecular weight is 339 g/mol. The van der Waals surface area contributed by atoms with Crippen LogP contribution in [0, 0.1) is 5.82 Å². The van der Waals surface area contributed by atoms with Crippen molar-refractivity contribution in [3.63, 3.8) is 0 Å². The summed E-state index contributed by atoms with van der Waals surface area (Å²) in [5.41, 5.74) is 2.01. The number of hydrogen-bond acceptors (Lipinski definition) is 5. The Morgan fingerprint density at radius 3 is 2.86 bits per heavy atom. The number of ether oxygens (including phenoxy) is 2. The molecule has 0 saturated carbocycles. The normalized spacial score (nSPS) is 11.0. The zero-order valence-corrected chi connectivity index (χ0v) is 13.2. The number of methoxy groups -OCH3 is 1. The summed E-state index contributed by atoms with van der Waals surface area (Å²) in [6.07, 6.45) is 0. The van der Waals surface area contributed by atoms with Gasteiger partial charge in [-0.1, -0.05) is 0 Å². The van der Waals surface area contributed by atoms with Crippen molar-refractivity contribution in [1.82, 2.24) is 9.97 Å². The molecule has 3 rings (SSSR count). The van der Waals surface area contributed by atoms with Crippen molar-refractivity contribution in [3.05, 3.63) is 40.1 Å². The van der Waals surface area contributed by atoms with Crippen molar-refractivity contribution < 1.29 is 13.9 Å². The third-order valence-electron chi connectivity index (χ3n) is 3.06. The fourth-order valence-electron chi connectivity index (χ4n) is 2.07. The van der Waals surface area contributed by atoms with E-state index in [-0.39, 0.29) is 17.6 Å². The van der Waals surface area contributed by atoms with Crippen LogP contribution in [0.1, 0.15) is 0 Å². The van der Waals surface area contributed by atoms with Crippen LogP contribution in [0.4, 0.5) is 4.39 Å². The van der Waals surface area contributed by atoms with E-state index in [0.717, 1.165) is 5.56 Å². The molecule has 0 saturated heterocycles. The molecule has 114 valence electrons. The molecule has 0 N–H and O–H groups in total. The van der Waals surface area contributed by atoms with Crippen LogP contribution in [-0.2, 0) is 4.74 Å². The minimum atomic E-state index is -0.491. The van der Waals surface area contributed by atoms with Gasteiger partial charge in [-0.15, -0.1) is 0 Å². The highest BCUT2D eigenvalue weighted by Gasteiger charge is 2.14. The number of halogens is 2. The van der Waals surface area contributed by atoms with Crippen LogP contribution < -0.4 is 4.74 Å². The first kappa shape index (κ1) is 15.1. The molecule has 0 radical (unpaired) electrons. The second-order valence-electron chi connectivity index (χ2n) is 4.49. The highest BCUT2D eigenvalue weighted by atomic mass is 35.5. The lowest BCUT2D eigenvalue weighted by atomic mass is 10.1. The smallest absolute Gasteiger partial charge is 0.223 e. The lowest BCUT2D eigenvalue weighted by Crippen LogP contribution is -2.05. The molecule has 22 heavy (non-hydrogen) atoms. The number of fused-ring (bicyclic) bond motifs is 1. The van der Waals surface area contributed by atoms with E-state index >= 15 is 0 Å². The third-order valence-corrected chi connectivity index (χ3v) is 3.91. The molecule has 3 aromatic rings. The molecule has 0 bridgehead atoms. The molecule has 2 aromatic heterocycles. The third kappa shape index (κ3) is 3.04. The first-order valence-electron chi connectivity index (χ1n) is 6.50. The fraction of sp³-hybridized carbons (Fsp3) is 0.200. The maximum absolute atomic E-state index is 14.1. The van der Waals surface area contributed by atoms with Crippen LogP contribution in [-0.4, -0.2) is 30.3 Å². The highest BCUT2D eigenvalue weighted by molar-refractivity contribution is 7.08. The van der Waals surface area contributed by atoms with Crippen molar-refractivity contribution in [2.45, 2.75) is 0 Å². The van der Waals surface area contributed by atoms with Gasteiger partial charge >= 0.3 is 0 Å². The molecular formula is C15H12ClFN2O2S. The van der Waals surface area contributed by atoms with E-state index in [2.05, 4.69) is 9.97 Å². The molecule has 0 aliphatic heterocycles. The molecule has 7 heteroatoms. The van der Waals surface area contributed by atoms with Crippen molar-refractivity contribution in [2.24, 2.45) is 0 Å². The van der Waals surface area contributed by atoms with Gasteiger partial charge in [0.15, 0.2) is 11.6 Å². The molecular weight excluding hydrogens is 327 g/mol. The minimum Gasteiger partial charge on any atom is -0.488 e. The molecule has 0 amide bonds. The summed E-state index contributed by atoms with van der Waals surface area (Å²) in [6.45, 7) is 0.646. The Bertz CT molecular complexity index is 796. The molecule has 0 aliphatic rings. The number of aromatic nitrogens is 2. The number of hydrogen-bond donors (Lipinski definition) is 0. The molecule has 0 unspecified atom stereocenters. The van der Waals surface area contributed by atoms with Crippen molar-refractivity contribution in [1.29, 1.82) is 0 Å². The van der Waals surface area contributed by atoms with Crippen molar-refractivity contribution in [2.75, 3.05) is 20.3 Å². The van der Waals surface area contributed by atoms with Crippen LogP contribution in [0.5, 0.6) is 5.75 Å². The zero-order valence-electron chi connectivity index (χ0n) is 11.7. The van der Waals surface area contributed by atoms with Crippen molar-refractivity contribution >= 4 is 33.8 Å². The quantitative estimate of drug-likeness (QED) is 0.517. The summed E-state index contributed by atoms with van der Waals surface area (Å²) in [7, 11) is 1.56.